The van der Waals surface area contributed by atoms with Gasteiger partial charge in [0.25, 0.3) is 5.56 Å². The number of amides is 1. The molecule has 0 aromatic carbocycles. The van der Waals surface area contributed by atoms with Gasteiger partial charge in [0.05, 0.1) is 11.7 Å². The van der Waals surface area contributed by atoms with E-state index in [2.05, 4.69) is 31.1 Å². The Hall–Kier alpha value is -1.30. The molecule has 1 fully saturated rings. The SMILES string of the molecule is CC(C)c1cc(=O)n2c(n1)SC[C@@H]2CC(=O)N[C@@H]1C[C@@H](C)CC(C)(C)C1. The molecular formula is C20H31N3O2S. The van der Waals surface area contributed by atoms with Crippen LogP contribution in [0.15, 0.2) is 16.0 Å². The molecule has 0 spiro atoms. The monoisotopic (exact) mass is 377 g/mol. The van der Waals surface area contributed by atoms with Crippen LogP contribution >= 0.6 is 11.8 Å². The third kappa shape index (κ3) is 4.33. The van der Waals surface area contributed by atoms with Gasteiger partial charge in [-0.15, -0.1) is 0 Å². The minimum atomic E-state index is -0.0924. The van der Waals surface area contributed by atoms with E-state index in [4.69, 9.17) is 0 Å². The van der Waals surface area contributed by atoms with Crippen LogP contribution in [0, 0.1) is 11.3 Å². The van der Waals surface area contributed by atoms with Crippen molar-refractivity contribution in [2.24, 2.45) is 11.3 Å². The second kappa shape index (κ2) is 7.37. The lowest BCUT2D eigenvalue weighted by Gasteiger charge is -2.39. The summed E-state index contributed by atoms with van der Waals surface area (Å²) in [6.45, 7) is 10.9. The Kier molecular flexibility index (Phi) is 5.52. The van der Waals surface area contributed by atoms with Gasteiger partial charge in [-0.3, -0.25) is 14.2 Å². The van der Waals surface area contributed by atoms with Crippen LogP contribution in [0.5, 0.6) is 0 Å². The van der Waals surface area contributed by atoms with E-state index >= 15 is 0 Å². The molecule has 5 nitrogen and oxygen atoms in total. The molecule has 0 bridgehead atoms. The summed E-state index contributed by atoms with van der Waals surface area (Å²) in [6, 6.07) is 1.77. The summed E-state index contributed by atoms with van der Waals surface area (Å²) >= 11 is 1.58. The van der Waals surface area contributed by atoms with Crippen molar-refractivity contribution in [2.45, 2.75) is 83.5 Å². The van der Waals surface area contributed by atoms with Crippen LogP contribution in [0.2, 0.25) is 0 Å². The Balaban J connectivity index is 1.66. The molecule has 2 heterocycles. The quantitative estimate of drug-likeness (QED) is 0.812. The Labute approximate surface area is 160 Å². The fraction of sp³-hybridized carbons (Fsp3) is 0.750. The van der Waals surface area contributed by atoms with E-state index < -0.39 is 0 Å². The standard InChI is InChI=1S/C20H31N3O2S/c1-12(2)16-8-18(25)23-15(11-26-19(23)22-16)7-17(24)21-14-6-13(3)9-20(4,5)10-14/h8,12-15H,6-7,9-11H2,1-5H3,(H,21,24)/t13-,14-,15+/m1/s1. The van der Waals surface area contributed by atoms with Crippen molar-refractivity contribution < 1.29 is 4.79 Å². The highest BCUT2D eigenvalue weighted by Crippen LogP contribution is 2.39. The summed E-state index contributed by atoms with van der Waals surface area (Å²) in [4.78, 5) is 29.8. The van der Waals surface area contributed by atoms with Gasteiger partial charge in [-0.1, -0.05) is 46.4 Å². The summed E-state index contributed by atoms with van der Waals surface area (Å²) in [5.41, 5.74) is 1.07. The van der Waals surface area contributed by atoms with Crippen molar-refractivity contribution in [1.29, 1.82) is 0 Å². The molecule has 1 amide bonds. The first-order valence-electron chi connectivity index (χ1n) is 9.70. The Bertz CT molecular complexity index is 741. The minimum absolute atomic E-state index is 0.0334. The van der Waals surface area contributed by atoms with Crippen molar-refractivity contribution in [3.05, 3.63) is 22.1 Å². The van der Waals surface area contributed by atoms with Gasteiger partial charge in [0, 0.05) is 24.3 Å². The fourth-order valence-electron chi connectivity index (χ4n) is 4.57. The van der Waals surface area contributed by atoms with Gasteiger partial charge in [-0.25, -0.2) is 4.98 Å². The second-order valence-electron chi connectivity index (χ2n) is 9.17. The molecule has 1 aromatic rings. The number of carbonyl (C=O) groups excluding carboxylic acids is 1. The number of nitrogens with one attached hydrogen (secondary N) is 1. The van der Waals surface area contributed by atoms with Crippen molar-refractivity contribution in [3.63, 3.8) is 0 Å². The second-order valence-corrected chi connectivity index (χ2v) is 10.2. The summed E-state index contributed by atoms with van der Waals surface area (Å²) in [5.74, 6) is 1.66. The number of fused-ring (bicyclic) bond motifs is 1. The Morgan fingerprint density at radius 1 is 1.42 bits per heavy atom. The number of hydrogen-bond acceptors (Lipinski definition) is 4. The van der Waals surface area contributed by atoms with Crippen LogP contribution in [0.1, 0.15) is 78.0 Å². The third-order valence-corrected chi connectivity index (χ3v) is 6.57. The average molecular weight is 378 g/mol. The molecule has 1 aliphatic carbocycles. The van der Waals surface area contributed by atoms with Crippen LogP contribution in [0.3, 0.4) is 0 Å². The number of rotatable bonds is 4. The first kappa shape index (κ1) is 19.5. The topological polar surface area (TPSA) is 64.0 Å². The van der Waals surface area contributed by atoms with Crippen LogP contribution in [-0.4, -0.2) is 27.3 Å². The number of nitrogens with zero attached hydrogens (tertiary/aromatic N) is 2. The summed E-state index contributed by atoms with van der Waals surface area (Å²) in [7, 11) is 0. The van der Waals surface area contributed by atoms with Crippen LogP contribution in [-0.2, 0) is 4.79 Å². The fourth-order valence-corrected chi connectivity index (χ4v) is 5.73. The van der Waals surface area contributed by atoms with E-state index in [0.717, 1.165) is 29.4 Å². The molecule has 1 N–H and O–H groups in total. The van der Waals surface area contributed by atoms with Crippen molar-refractivity contribution in [3.8, 4) is 0 Å². The zero-order valence-corrected chi connectivity index (χ0v) is 17.4. The third-order valence-electron chi connectivity index (χ3n) is 5.47. The molecular weight excluding hydrogens is 346 g/mol. The predicted octanol–water partition coefficient (Wildman–Crippen LogP) is 3.73. The molecule has 6 heteroatoms. The lowest BCUT2D eigenvalue weighted by molar-refractivity contribution is -0.123. The maximum Gasteiger partial charge on any atom is 0.254 e. The van der Waals surface area contributed by atoms with E-state index in [1.165, 1.54) is 6.42 Å². The van der Waals surface area contributed by atoms with E-state index in [-0.39, 0.29) is 34.9 Å². The smallest absolute Gasteiger partial charge is 0.254 e. The van der Waals surface area contributed by atoms with E-state index in [1.54, 1.807) is 22.4 Å². The molecule has 1 aromatic heterocycles. The van der Waals surface area contributed by atoms with Crippen LogP contribution in [0.25, 0.3) is 0 Å². The van der Waals surface area contributed by atoms with Gasteiger partial charge >= 0.3 is 0 Å². The normalized spacial score (nSPS) is 27.4. The van der Waals surface area contributed by atoms with Crippen molar-refractivity contribution in [2.75, 3.05) is 5.75 Å². The average Bonchev–Trinajstić information content (AvgIpc) is 2.88. The number of thioether (sulfide) groups is 1. The Morgan fingerprint density at radius 2 is 2.15 bits per heavy atom. The molecule has 0 saturated heterocycles. The number of carbonyl (C=O) groups is 1. The van der Waals surface area contributed by atoms with E-state index in [0.29, 0.717) is 12.3 Å². The molecule has 26 heavy (non-hydrogen) atoms. The molecule has 1 saturated carbocycles. The zero-order valence-electron chi connectivity index (χ0n) is 16.5. The first-order chi connectivity index (χ1) is 12.1. The summed E-state index contributed by atoms with van der Waals surface area (Å²) in [5, 5.41) is 3.98. The number of aromatic nitrogens is 2. The highest BCUT2D eigenvalue weighted by atomic mass is 32.2. The van der Waals surface area contributed by atoms with Crippen molar-refractivity contribution >= 4 is 17.7 Å². The highest BCUT2D eigenvalue weighted by molar-refractivity contribution is 7.99. The van der Waals surface area contributed by atoms with Gasteiger partial charge in [-0.2, -0.15) is 0 Å². The molecule has 3 rings (SSSR count). The van der Waals surface area contributed by atoms with E-state index in [9.17, 15) is 9.59 Å². The van der Waals surface area contributed by atoms with Gasteiger partial charge < -0.3 is 5.32 Å². The predicted molar refractivity (Wildman–Crippen MR) is 106 cm³/mol. The maximum absolute atomic E-state index is 12.6. The maximum atomic E-state index is 12.6. The van der Waals surface area contributed by atoms with Crippen LogP contribution in [0.4, 0.5) is 0 Å². The zero-order chi connectivity index (χ0) is 19.1. The molecule has 3 atom stereocenters. The number of hydrogen-bond donors (Lipinski definition) is 1. The molecule has 2 aliphatic rings. The molecule has 0 radical (unpaired) electrons. The lowest BCUT2D eigenvalue weighted by Crippen LogP contribution is -2.43. The van der Waals surface area contributed by atoms with Crippen molar-refractivity contribution in [1.82, 2.24) is 14.9 Å². The summed E-state index contributed by atoms with van der Waals surface area (Å²) < 4.78 is 1.71. The van der Waals surface area contributed by atoms with E-state index in [1.807, 2.05) is 13.8 Å². The van der Waals surface area contributed by atoms with Gasteiger partial charge in [0.15, 0.2) is 5.16 Å². The largest absolute Gasteiger partial charge is 0.353 e. The van der Waals surface area contributed by atoms with Gasteiger partial charge in [0.2, 0.25) is 5.91 Å². The lowest BCUT2D eigenvalue weighted by atomic mass is 9.70. The van der Waals surface area contributed by atoms with Gasteiger partial charge in [0.1, 0.15) is 0 Å². The molecule has 144 valence electrons. The Morgan fingerprint density at radius 3 is 2.81 bits per heavy atom. The summed E-state index contributed by atoms with van der Waals surface area (Å²) in [6.07, 6.45) is 3.64. The minimum Gasteiger partial charge on any atom is -0.353 e. The molecule has 0 unspecified atom stereocenters. The van der Waals surface area contributed by atoms with Crippen LogP contribution < -0.4 is 10.9 Å². The first-order valence-corrected chi connectivity index (χ1v) is 10.7. The van der Waals surface area contributed by atoms with Gasteiger partial charge in [-0.05, 0) is 36.5 Å². The molecule has 1 aliphatic heterocycles. The highest BCUT2D eigenvalue weighted by Gasteiger charge is 2.34.